The van der Waals surface area contributed by atoms with Crippen molar-refractivity contribution in [3.63, 3.8) is 0 Å². The highest BCUT2D eigenvalue weighted by Gasteiger charge is 2.57. The Balaban J connectivity index is 2.42. The fourth-order valence-corrected chi connectivity index (χ4v) is 4.79. The largest absolute Gasteiger partial charge is 0.416 e. The van der Waals surface area contributed by atoms with E-state index < -0.39 is 10.3 Å². The molecule has 0 spiro atoms. The van der Waals surface area contributed by atoms with Crippen LogP contribution in [0.15, 0.2) is 30.3 Å². The first-order valence-corrected chi connectivity index (χ1v) is 6.93. The summed E-state index contributed by atoms with van der Waals surface area (Å²) in [5.74, 6) is 1.14. The third-order valence-electron chi connectivity index (χ3n) is 2.43. The fourth-order valence-electron chi connectivity index (χ4n) is 1.68. The van der Waals surface area contributed by atoms with Gasteiger partial charge in [0.2, 0.25) is 0 Å². The molecule has 0 amide bonds. The van der Waals surface area contributed by atoms with Crippen LogP contribution in [0.5, 0.6) is 0 Å². The smallest absolute Gasteiger partial charge is 0.168 e. The summed E-state index contributed by atoms with van der Waals surface area (Å²) in [6, 6.07) is 8.21. The van der Waals surface area contributed by atoms with Gasteiger partial charge < -0.3 is 0 Å². The zero-order valence-electron chi connectivity index (χ0n) is 8.46. The maximum absolute atomic E-state index is 13.2. The number of rotatable bonds is 1. The molecular formula is C11H11F3S2. The van der Waals surface area contributed by atoms with E-state index in [4.69, 9.17) is 0 Å². The molecule has 0 bridgehead atoms. The Labute approximate surface area is 101 Å². The van der Waals surface area contributed by atoms with E-state index in [0.717, 1.165) is 29.9 Å². The third kappa shape index (κ3) is 2.07. The van der Waals surface area contributed by atoms with Gasteiger partial charge in [-0.1, -0.05) is 30.3 Å². The molecule has 0 saturated carbocycles. The van der Waals surface area contributed by atoms with Crippen LogP contribution in [0.2, 0.25) is 0 Å². The van der Waals surface area contributed by atoms with Crippen LogP contribution in [0.1, 0.15) is 12.0 Å². The van der Waals surface area contributed by atoms with E-state index in [2.05, 4.69) is 0 Å². The Kier molecular flexibility index (Phi) is 3.45. The van der Waals surface area contributed by atoms with Crippen LogP contribution in [0.25, 0.3) is 0 Å². The van der Waals surface area contributed by atoms with Gasteiger partial charge in [0.1, 0.15) is 0 Å². The van der Waals surface area contributed by atoms with Crippen molar-refractivity contribution in [2.24, 2.45) is 0 Å². The number of thioether (sulfide) groups is 2. The van der Waals surface area contributed by atoms with Gasteiger partial charge in [0.15, 0.2) is 4.08 Å². The maximum atomic E-state index is 13.2. The number of alkyl halides is 3. The Morgan fingerprint density at radius 1 is 1.00 bits per heavy atom. The molecule has 1 aromatic rings. The molecule has 5 heteroatoms. The lowest BCUT2D eigenvalue weighted by atomic mass is 10.1. The summed E-state index contributed by atoms with van der Waals surface area (Å²) < 4.78 is 38.0. The van der Waals surface area contributed by atoms with E-state index in [-0.39, 0.29) is 0 Å². The monoisotopic (exact) mass is 264 g/mol. The lowest BCUT2D eigenvalue weighted by Crippen LogP contribution is -2.38. The highest BCUT2D eigenvalue weighted by atomic mass is 32.2. The molecule has 0 aromatic heterocycles. The molecule has 1 heterocycles. The van der Waals surface area contributed by atoms with Gasteiger partial charge in [-0.3, -0.25) is 0 Å². The number of hydrogen-bond acceptors (Lipinski definition) is 2. The van der Waals surface area contributed by atoms with Crippen molar-refractivity contribution in [2.45, 2.75) is 16.7 Å². The van der Waals surface area contributed by atoms with Crippen molar-refractivity contribution in [2.75, 3.05) is 11.5 Å². The van der Waals surface area contributed by atoms with Gasteiger partial charge in [0.05, 0.1) is 0 Å². The van der Waals surface area contributed by atoms with Crippen molar-refractivity contribution in [3.05, 3.63) is 35.9 Å². The molecule has 1 aliphatic heterocycles. The van der Waals surface area contributed by atoms with Gasteiger partial charge in [-0.15, -0.1) is 23.5 Å². The SMILES string of the molecule is FC(F)(F)C1(c2ccccc2)SCCCS1. The van der Waals surface area contributed by atoms with Crippen LogP contribution < -0.4 is 0 Å². The normalized spacial score (nSPS) is 20.7. The molecular weight excluding hydrogens is 253 g/mol. The average Bonchev–Trinajstić information content (AvgIpc) is 2.30. The van der Waals surface area contributed by atoms with Gasteiger partial charge in [0, 0.05) is 0 Å². The predicted octanol–water partition coefficient (Wildman–Crippen LogP) is 4.27. The van der Waals surface area contributed by atoms with Crippen molar-refractivity contribution in [3.8, 4) is 0 Å². The van der Waals surface area contributed by atoms with Crippen LogP contribution in [0, 0.1) is 0 Å². The standard InChI is InChI=1S/C11H11F3S2/c12-11(13,14)10(15-7-4-8-16-10)9-5-2-1-3-6-9/h1-3,5-6H,4,7-8H2. The highest BCUT2D eigenvalue weighted by molar-refractivity contribution is 8.18. The second-order valence-electron chi connectivity index (χ2n) is 3.53. The molecule has 1 fully saturated rings. The molecule has 0 nitrogen and oxygen atoms in total. The van der Waals surface area contributed by atoms with Crippen molar-refractivity contribution >= 4 is 23.5 Å². The van der Waals surface area contributed by atoms with Gasteiger partial charge in [-0.25, -0.2) is 0 Å². The minimum Gasteiger partial charge on any atom is -0.168 e. The molecule has 2 rings (SSSR count). The molecule has 0 aliphatic carbocycles. The summed E-state index contributed by atoms with van der Waals surface area (Å²) in [7, 11) is 0. The Morgan fingerprint density at radius 2 is 1.56 bits per heavy atom. The molecule has 0 unspecified atom stereocenters. The second-order valence-corrected chi connectivity index (χ2v) is 6.41. The van der Waals surface area contributed by atoms with Gasteiger partial charge in [-0.05, 0) is 23.5 Å². The molecule has 1 aliphatic rings. The Morgan fingerprint density at radius 3 is 2.06 bits per heavy atom. The summed E-state index contributed by atoms with van der Waals surface area (Å²) in [4.78, 5) is 0. The van der Waals surface area contributed by atoms with E-state index in [9.17, 15) is 13.2 Å². The van der Waals surface area contributed by atoms with E-state index in [1.165, 1.54) is 0 Å². The molecule has 1 saturated heterocycles. The van der Waals surface area contributed by atoms with Crippen LogP contribution in [-0.2, 0) is 4.08 Å². The first kappa shape index (κ1) is 12.2. The van der Waals surface area contributed by atoms with Crippen molar-refractivity contribution < 1.29 is 13.2 Å². The van der Waals surface area contributed by atoms with Crippen molar-refractivity contribution in [1.82, 2.24) is 0 Å². The van der Waals surface area contributed by atoms with Crippen LogP contribution in [-0.4, -0.2) is 17.7 Å². The van der Waals surface area contributed by atoms with E-state index in [1.807, 2.05) is 0 Å². The first-order valence-electron chi connectivity index (χ1n) is 4.96. The predicted molar refractivity (Wildman–Crippen MR) is 63.7 cm³/mol. The molecule has 88 valence electrons. The number of hydrogen-bond donors (Lipinski definition) is 0. The Bertz CT molecular complexity index is 342. The maximum Gasteiger partial charge on any atom is 0.416 e. The quantitative estimate of drug-likeness (QED) is 0.743. The van der Waals surface area contributed by atoms with Crippen LogP contribution in [0.4, 0.5) is 13.2 Å². The van der Waals surface area contributed by atoms with E-state index >= 15 is 0 Å². The van der Waals surface area contributed by atoms with E-state index in [0.29, 0.717) is 17.1 Å². The van der Waals surface area contributed by atoms with Gasteiger partial charge in [-0.2, -0.15) is 13.2 Å². The molecule has 0 N–H and O–H groups in total. The Hall–Kier alpha value is -0.290. The zero-order chi connectivity index (χ0) is 11.6. The first-order chi connectivity index (χ1) is 7.56. The number of halogens is 3. The molecule has 16 heavy (non-hydrogen) atoms. The summed E-state index contributed by atoms with van der Waals surface area (Å²) >= 11 is 2.02. The third-order valence-corrected chi connectivity index (χ3v) is 5.87. The minimum absolute atomic E-state index is 0.359. The fraction of sp³-hybridized carbons (Fsp3) is 0.455. The van der Waals surface area contributed by atoms with Crippen LogP contribution in [0.3, 0.4) is 0 Å². The highest BCUT2D eigenvalue weighted by Crippen LogP contribution is 2.59. The zero-order valence-corrected chi connectivity index (χ0v) is 10.1. The van der Waals surface area contributed by atoms with Gasteiger partial charge in [0.25, 0.3) is 0 Å². The average molecular weight is 264 g/mol. The lowest BCUT2D eigenvalue weighted by Gasteiger charge is -2.37. The van der Waals surface area contributed by atoms with Crippen molar-refractivity contribution in [1.29, 1.82) is 0 Å². The summed E-state index contributed by atoms with van der Waals surface area (Å²) in [6.07, 6.45) is -3.36. The summed E-state index contributed by atoms with van der Waals surface area (Å²) in [5.41, 5.74) is 0.359. The second kappa shape index (κ2) is 4.53. The molecule has 1 aromatic carbocycles. The van der Waals surface area contributed by atoms with Gasteiger partial charge >= 0.3 is 6.18 Å². The topological polar surface area (TPSA) is 0 Å². The molecule has 0 atom stereocenters. The van der Waals surface area contributed by atoms with E-state index in [1.54, 1.807) is 30.3 Å². The summed E-state index contributed by atoms with van der Waals surface area (Å²) in [6.45, 7) is 0. The molecule has 0 radical (unpaired) electrons. The minimum atomic E-state index is -4.20. The lowest BCUT2D eigenvalue weighted by molar-refractivity contribution is -0.139. The van der Waals surface area contributed by atoms with Crippen LogP contribution >= 0.6 is 23.5 Å². The number of benzene rings is 1. The summed E-state index contributed by atoms with van der Waals surface area (Å²) in [5, 5.41) is 0.